The van der Waals surface area contributed by atoms with Crippen LogP contribution in [-0.4, -0.2) is 35.6 Å². The zero-order valence-corrected chi connectivity index (χ0v) is 19.0. The van der Waals surface area contributed by atoms with Crippen LogP contribution in [0.15, 0.2) is 64.4 Å². The summed E-state index contributed by atoms with van der Waals surface area (Å²) in [5.41, 5.74) is 0.951. The molecule has 0 aliphatic carbocycles. The lowest BCUT2D eigenvalue weighted by molar-refractivity contribution is -0.128. The molecule has 1 N–H and O–H groups in total. The zero-order chi connectivity index (χ0) is 22.9. The number of halogens is 2. The Morgan fingerprint density at radius 2 is 1.81 bits per heavy atom. The van der Waals surface area contributed by atoms with Gasteiger partial charge in [0.2, 0.25) is 5.91 Å². The number of rotatable bonds is 6. The third kappa shape index (κ3) is 4.64. The van der Waals surface area contributed by atoms with Gasteiger partial charge in [-0.15, -0.1) is 0 Å². The number of anilines is 1. The van der Waals surface area contributed by atoms with Gasteiger partial charge in [-0.05, 0) is 48.4 Å². The maximum absolute atomic E-state index is 12.8. The van der Waals surface area contributed by atoms with E-state index in [0.717, 1.165) is 16.7 Å². The highest BCUT2D eigenvalue weighted by Gasteiger charge is 2.20. The predicted molar refractivity (Wildman–Crippen MR) is 122 cm³/mol. The standard InChI is InChI=1S/C21H18Cl2N4O4S/c22-18-12-24-27(21(29)20(18)23)16-6-8-17(9-7-16)32(30,31)25-15-4-1-3-14(11-15)13-26-10-2-5-19(26)28/h1,3-4,6-9,11-12,25H,2,5,10,13H2. The fourth-order valence-corrected chi connectivity index (χ4v) is 4.70. The quantitative estimate of drug-likeness (QED) is 0.567. The van der Waals surface area contributed by atoms with Crippen molar-refractivity contribution in [3.8, 4) is 5.69 Å². The summed E-state index contributed by atoms with van der Waals surface area (Å²) in [6.45, 7) is 1.15. The molecule has 1 saturated heterocycles. The summed E-state index contributed by atoms with van der Waals surface area (Å²) in [4.78, 5) is 25.8. The molecule has 0 bridgehead atoms. The average molecular weight is 493 g/mol. The number of nitrogens with one attached hydrogen (secondary N) is 1. The highest BCUT2D eigenvalue weighted by atomic mass is 35.5. The first-order valence-corrected chi connectivity index (χ1v) is 11.9. The lowest BCUT2D eigenvalue weighted by Gasteiger charge is -2.16. The van der Waals surface area contributed by atoms with Crippen molar-refractivity contribution in [2.45, 2.75) is 24.3 Å². The molecule has 4 rings (SSSR count). The first kappa shape index (κ1) is 22.3. The summed E-state index contributed by atoms with van der Waals surface area (Å²) in [6.07, 6.45) is 2.62. The molecule has 2 aromatic carbocycles. The second-order valence-electron chi connectivity index (χ2n) is 7.24. The van der Waals surface area contributed by atoms with Gasteiger partial charge >= 0.3 is 0 Å². The summed E-state index contributed by atoms with van der Waals surface area (Å²) in [6, 6.07) is 12.5. The van der Waals surface area contributed by atoms with Gasteiger partial charge in [0.05, 0.1) is 21.8 Å². The first-order valence-electron chi connectivity index (χ1n) is 9.68. The summed E-state index contributed by atoms with van der Waals surface area (Å²) >= 11 is 11.7. The minimum absolute atomic E-state index is 0.00878. The minimum Gasteiger partial charge on any atom is -0.338 e. The van der Waals surface area contributed by atoms with Crippen molar-refractivity contribution < 1.29 is 13.2 Å². The largest absolute Gasteiger partial charge is 0.338 e. The van der Waals surface area contributed by atoms with E-state index in [0.29, 0.717) is 30.9 Å². The molecule has 1 aromatic heterocycles. The molecule has 0 atom stereocenters. The molecule has 8 nitrogen and oxygen atoms in total. The molecule has 1 aliphatic rings. The number of benzene rings is 2. The van der Waals surface area contributed by atoms with Crippen LogP contribution in [0.4, 0.5) is 5.69 Å². The van der Waals surface area contributed by atoms with E-state index in [1.807, 2.05) is 6.07 Å². The van der Waals surface area contributed by atoms with Gasteiger partial charge in [0.1, 0.15) is 5.02 Å². The van der Waals surface area contributed by atoms with Crippen molar-refractivity contribution in [2.24, 2.45) is 0 Å². The highest BCUT2D eigenvalue weighted by molar-refractivity contribution is 7.92. The fraction of sp³-hybridized carbons (Fsp3) is 0.190. The molecule has 0 unspecified atom stereocenters. The van der Waals surface area contributed by atoms with E-state index in [2.05, 4.69) is 9.82 Å². The van der Waals surface area contributed by atoms with Crippen LogP contribution in [-0.2, 0) is 21.4 Å². The van der Waals surface area contributed by atoms with Crippen LogP contribution in [0.3, 0.4) is 0 Å². The van der Waals surface area contributed by atoms with Gasteiger partial charge in [0, 0.05) is 25.2 Å². The average Bonchev–Trinajstić information content (AvgIpc) is 3.16. The topological polar surface area (TPSA) is 101 Å². The molecular formula is C21H18Cl2N4O4S. The Kier molecular flexibility index (Phi) is 6.23. The number of carbonyl (C=O) groups excluding carboxylic acids is 1. The van der Waals surface area contributed by atoms with Crippen LogP contribution < -0.4 is 10.3 Å². The van der Waals surface area contributed by atoms with Gasteiger partial charge < -0.3 is 4.90 Å². The number of hydrogen-bond donors (Lipinski definition) is 1. The highest BCUT2D eigenvalue weighted by Crippen LogP contribution is 2.21. The Bertz CT molecular complexity index is 1340. The summed E-state index contributed by atoms with van der Waals surface area (Å²) < 4.78 is 29.2. The monoisotopic (exact) mass is 492 g/mol. The molecule has 1 aliphatic heterocycles. The number of likely N-dealkylation sites (tertiary alicyclic amines) is 1. The van der Waals surface area contributed by atoms with Crippen LogP contribution >= 0.6 is 23.2 Å². The van der Waals surface area contributed by atoms with E-state index >= 15 is 0 Å². The van der Waals surface area contributed by atoms with E-state index in [4.69, 9.17) is 23.2 Å². The normalized spacial score (nSPS) is 14.1. The number of sulfonamides is 1. The van der Waals surface area contributed by atoms with Crippen LogP contribution in [0.5, 0.6) is 0 Å². The Labute approximate surface area is 194 Å². The summed E-state index contributed by atoms with van der Waals surface area (Å²) in [5.74, 6) is 0.103. The lowest BCUT2D eigenvalue weighted by Crippen LogP contribution is -2.23. The Balaban J connectivity index is 1.53. The predicted octanol–water partition coefficient (Wildman–Crippen LogP) is 3.46. The third-order valence-corrected chi connectivity index (χ3v) is 7.14. The molecule has 166 valence electrons. The number of hydrogen-bond acceptors (Lipinski definition) is 5. The number of aromatic nitrogens is 2. The zero-order valence-electron chi connectivity index (χ0n) is 16.7. The van der Waals surface area contributed by atoms with E-state index < -0.39 is 15.6 Å². The molecule has 0 saturated carbocycles. The Morgan fingerprint density at radius 1 is 1.06 bits per heavy atom. The fourth-order valence-electron chi connectivity index (χ4n) is 3.40. The van der Waals surface area contributed by atoms with Gasteiger partial charge in [-0.2, -0.15) is 9.78 Å². The van der Waals surface area contributed by atoms with Crippen molar-refractivity contribution in [1.29, 1.82) is 0 Å². The number of carbonyl (C=O) groups is 1. The third-order valence-electron chi connectivity index (χ3n) is 4.99. The molecule has 11 heteroatoms. The van der Waals surface area contributed by atoms with Crippen molar-refractivity contribution in [3.05, 3.63) is 80.7 Å². The van der Waals surface area contributed by atoms with Crippen molar-refractivity contribution >= 4 is 44.8 Å². The number of nitrogens with zero attached hydrogens (tertiary/aromatic N) is 3. The second kappa shape index (κ2) is 8.93. The van der Waals surface area contributed by atoms with Gasteiger partial charge in [0.25, 0.3) is 15.6 Å². The van der Waals surface area contributed by atoms with Crippen LogP contribution in [0.25, 0.3) is 5.69 Å². The number of amides is 1. The molecule has 0 spiro atoms. The van der Waals surface area contributed by atoms with Crippen LogP contribution in [0.2, 0.25) is 10.0 Å². The smallest absolute Gasteiger partial charge is 0.291 e. The summed E-state index contributed by atoms with van der Waals surface area (Å²) in [5, 5.41) is 3.78. The van der Waals surface area contributed by atoms with Crippen molar-refractivity contribution in [1.82, 2.24) is 14.7 Å². The van der Waals surface area contributed by atoms with Crippen molar-refractivity contribution in [2.75, 3.05) is 11.3 Å². The minimum atomic E-state index is -3.88. The maximum Gasteiger partial charge on any atom is 0.291 e. The SMILES string of the molecule is O=C1CCCN1Cc1cccc(NS(=O)(=O)c2ccc(-n3ncc(Cl)c(Cl)c3=O)cc2)c1. The molecule has 32 heavy (non-hydrogen) atoms. The van der Waals surface area contributed by atoms with Gasteiger partial charge in [0.15, 0.2) is 0 Å². The molecule has 0 radical (unpaired) electrons. The van der Waals surface area contributed by atoms with Crippen LogP contribution in [0, 0.1) is 0 Å². The maximum atomic E-state index is 12.8. The second-order valence-corrected chi connectivity index (χ2v) is 9.71. The Morgan fingerprint density at radius 3 is 2.50 bits per heavy atom. The molecule has 3 aromatic rings. The lowest BCUT2D eigenvalue weighted by atomic mass is 10.2. The van der Waals surface area contributed by atoms with E-state index in [-0.39, 0.29) is 20.8 Å². The first-order chi connectivity index (χ1) is 15.2. The van der Waals surface area contributed by atoms with Crippen molar-refractivity contribution in [3.63, 3.8) is 0 Å². The van der Waals surface area contributed by atoms with Gasteiger partial charge in [-0.1, -0.05) is 35.3 Å². The molecule has 1 amide bonds. The van der Waals surface area contributed by atoms with E-state index in [9.17, 15) is 18.0 Å². The molecular weight excluding hydrogens is 475 g/mol. The van der Waals surface area contributed by atoms with E-state index in [1.165, 1.54) is 30.5 Å². The van der Waals surface area contributed by atoms with E-state index in [1.54, 1.807) is 23.1 Å². The Hall–Kier alpha value is -2.88. The molecule has 1 fully saturated rings. The molecule has 2 heterocycles. The summed E-state index contributed by atoms with van der Waals surface area (Å²) in [7, 11) is -3.88. The van der Waals surface area contributed by atoms with Crippen LogP contribution in [0.1, 0.15) is 18.4 Å². The van der Waals surface area contributed by atoms with Gasteiger partial charge in [-0.25, -0.2) is 8.42 Å². The van der Waals surface area contributed by atoms with Gasteiger partial charge in [-0.3, -0.25) is 14.3 Å².